The maximum Gasteiger partial charge on any atom is 0.0753 e. The zero-order valence-corrected chi connectivity index (χ0v) is 6.21. The number of nitrogens with zero attached hydrogens (tertiary/aromatic N) is 1. The van der Waals surface area contributed by atoms with Gasteiger partial charge in [0.1, 0.15) is 0 Å². The van der Waals surface area contributed by atoms with Gasteiger partial charge in [-0.2, -0.15) is 5.43 Å². The molecule has 0 amide bonds. The molecule has 1 aliphatic rings. The van der Waals surface area contributed by atoms with Crippen LogP contribution in [0.5, 0.6) is 0 Å². The average Bonchev–Trinajstić information content (AvgIpc) is 2.06. The molecule has 0 aromatic heterocycles. The minimum absolute atomic E-state index is 0.115. The Morgan fingerprint density at radius 1 is 1.30 bits per heavy atom. The Bertz CT molecular complexity index is 93.8. The summed E-state index contributed by atoms with van der Waals surface area (Å²) < 4.78 is 0. The van der Waals surface area contributed by atoms with Crippen molar-refractivity contribution in [3.8, 4) is 0 Å². The number of nitrogens with two attached hydrogens (primary N) is 1. The largest absolute Gasteiger partial charge is 0.394 e. The van der Waals surface area contributed by atoms with E-state index in [0.717, 1.165) is 25.7 Å². The molecule has 1 radical (unpaired) electrons. The summed E-state index contributed by atoms with van der Waals surface area (Å²) in [6.07, 6.45) is 5.49. The molecule has 1 aliphatic carbocycles. The van der Waals surface area contributed by atoms with Gasteiger partial charge in [0, 0.05) is 0 Å². The highest BCUT2D eigenvalue weighted by molar-refractivity contribution is 4.87. The van der Waals surface area contributed by atoms with E-state index in [2.05, 4.69) is 5.43 Å². The van der Waals surface area contributed by atoms with Gasteiger partial charge in [0.05, 0.1) is 12.1 Å². The van der Waals surface area contributed by atoms with Gasteiger partial charge in [-0.1, -0.05) is 19.3 Å². The van der Waals surface area contributed by atoms with Crippen LogP contribution in [-0.2, 0) is 0 Å². The Labute approximate surface area is 61.6 Å². The van der Waals surface area contributed by atoms with Gasteiger partial charge >= 0.3 is 0 Å². The summed E-state index contributed by atoms with van der Waals surface area (Å²) in [5, 5.41) is 8.97. The zero-order chi connectivity index (χ0) is 7.45. The Kier molecular flexibility index (Phi) is 2.65. The highest BCUT2D eigenvalue weighted by Crippen LogP contribution is 2.27. The molecule has 0 atom stereocenters. The first-order chi connectivity index (χ1) is 4.83. The average molecular weight is 143 g/mol. The van der Waals surface area contributed by atoms with E-state index in [-0.39, 0.29) is 12.1 Å². The molecule has 0 aromatic carbocycles. The fourth-order valence-corrected chi connectivity index (χ4v) is 1.54. The first-order valence-corrected chi connectivity index (χ1v) is 3.86. The number of rotatable bonds is 2. The monoisotopic (exact) mass is 143 g/mol. The summed E-state index contributed by atoms with van der Waals surface area (Å²) in [4.78, 5) is 0. The van der Waals surface area contributed by atoms with Crippen molar-refractivity contribution in [3.05, 3.63) is 0 Å². The second-order valence-corrected chi connectivity index (χ2v) is 3.07. The van der Waals surface area contributed by atoms with Crippen LogP contribution in [0.4, 0.5) is 0 Å². The van der Waals surface area contributed by atoms with Gasteiger partial charge in [0.25, 0.3) is 0 Å². The van der Waals surface area contributed by atoms with Gasteiger partial charge in [-0.25, -0.2) is 0 Å². The summed E-state index contributed by atoms with van der Waals surface area (Å²) in [5.41, 5.74) is 3.47. The van der Waals surface area contributed by atoms with Crippen molar-refractivity contribution in [2.45, 2.75) is 37.6 Å². The first kappa shape index (κ1) is 7.98. The topological polar surface area (TPSA) is 60.4 Å². The molecule has 59 valence electrons. The van der Waals surface area contributed by atoms with Gasteiger partial charge in [-0.15, -0.1) is 0 Å². The molecule has 0 unspecified atom stereocenters. The zero-order valence-electron chi connectivity index (χ0n) is 6.21. The lowest BCUT2D eigenvalue weighted by atomic mass is 9.83. The van der Waals surface area contributed by atoms with Crippen LogP contribution in [0, 0.1) is 0 Å². The fourth-order valence-electron chi connectivity index (χ4n) is 1.54. The van der Waals surface area contributed by atoms with E-state index in [1.165, 1.54) is 6.42 Å². The predicted octanol–water partition coefficient (Wildman–Crippen LogP) is 0.160. The summed E-state index contributed by atoms with van der Waals surface area (Å²) in [6, 6.07) is 0. The Morgan fingerprint density at radius 3 is 2.20 bits per heavy atom. The molecule has 1 saturated carbocycles. The first-order valence-electron chi connectivity index (χ1n) is 3.86. The van der Waals surface area contributed by atoms with Crippen molar-refractivity contribution in [3.63, 3.8) is 0 Å². The second-order valence-electron chi connectivity index (χ2n) is 3.07. The van der Waals surface area contributed by atoms with Gasteiger partial charge in [0.15, 0.2) is 0 Å². The number of hydrogen-bond acceptors (Lipinski definition) is 2. The molecule has 0 heterocycles. The van der Waals surface area contributed by atoms with Crippen LogP contribution in [0.15, 0.2) is 0 Å². The molecule has 10 heavy (non-hydrogen) atoms. The number of hydrogen-bond donors (Lipinski definition) is 2. The summed E-state index contributed by atoms with van der Waals surface area (Å²) in [6.45, 7) is 0.115. The quantitative estimate of drug-likeness (QED) is 0.427. The van der Waals surface area contributed by atoms with Gasteiger partial charge < -0.3 is 5.11 Å². The summed E-state index contributed by atoms with van der Waals surface area (Å²) in [5.74, 6) is 5.21. The molecule has 0 aromatic rings. The molecule has 3 heteroatoms. The standard InChI is InChI=1S/C7H15N2O/c8-9-7(6-10)4-2-1-3-5-7/h10H,1-6,8H2. The molecular formula is C7H15N2O. The SMILES string of the molecule is N[N]C1(CO)CCCCC1. The molecular weight excluding hydrogens is 128 g/mol. The van der Waals surface area contributed by atoms with Crippen LogP contribution in [-0.4, -0.2) is 17.3 Å². The summed E-state index contributed by atoms with van der Waals surface area (Å²) >= 11 is 0. The minimum atomic E-state index is -0.280. The Morgan fingerprint density at radius 2 is 1.90 bits per heavy atom. The van der Waals surface area contributed by atoms with Crippen LogP contribution in [0.25, 0.3) is 0 Å². The van der Waals surface area contributed by atoms with Crippen molar-refractivity contribution in [2.24, 2.45) is 5.84 Å². The minimum Gasteiger partial charge on any atom is -0.394 e. The van der Waals surface area contributed by atoms with E-state index in [9.17, 15) is 0 Å². The fraction of sp³-hybridized carbons (Fsp3) is 1.00. The third kappa shape index (κ3) is 1.48. The van der Waals surface area contributed by atoms with Crippen molar-refractivity contribution in [1.29, 1.82) is 0 Å². The smallest absolute Gasteiger partial charge is 0.0753 e. The maximum absolute atomic E-state index is 8.97. The van der Waals surface area contributed by atoms with Crippen molar-refractivity contribution < 1.29 is 5.11 Å². The summed E-state index contributed by atoms with van der Waals surface area (Å²) in [7, 11) is 0. The molecule has 1 fully saturated rings. The highest BCUT2D eigenvalue weighted by atomic mass is 16.3. The Balaban J connectivity index is 2.44. The molecule has 0 bridgehead atoms. The lowest BCUT2D eigenvalue weighted by molar-refractivity contribution is 0.118. The van der Waals surface area contributed by atoms with E-state index in [4.69, 9.17) is 10.9 Å². The molecule has 1 rings (SSSR count). The highest BCUT2D eigenvalue weighted by Gasteiger charge is 2.30. The molecule has 0 aliphatic heterocycles. The number of aliphatic hydroxyl groups is 1. The van der Waals surface area contributed by atoms with E-state index in [1.807, 2.05) is 0 Å². The molecule has 0 saturated heterocycles. The molecule has 3 N–H and O–H groups in total. The van der Waals surface area contributed by atoms with E-state index >= 15 is 0 Å². The molecule has 0 spiro atoms. The maximum atomic E-state index is 8.97. The predicted molar refractivity (Wildman–Crippen MR) is 39.2 cm³/mol. The van der Waals surface area contributed by atoms with Crippen LogP contribution < -0.4 is 11.3 Å². The van der Waals surface area contributed by atoms with Crippen molar-refractivity contribution >= 4 is 0 Å². The van der Waals surface area contributed by atoms with E-state index in [0.29, 0.717) is 0 Å². The van der Waals surface area contributed by atoms with Gasteiger partial charge in [0.2, 0.25) is 0 Å². The Hall–Kier alpha value is -0.120. The van der Waals surface area contributed by atoms with E-state index in [1.54, 1.807) is 0 Å². The van der Waals surface area contributed by atoms with E-state index < -0.39 is 0 Å². The normalized spacial score (nSPS) is 24.6. The second kappa shape index (κ2) is 3.32. The molecule has 3 nitrogen and oxygen atoms in total. The van der Waals surface area contributed by atoms with Gasteiger partial charge in [-0.3, -0.25) is 5.84 Å². The third-order valence-electron chi connectivity index (χ3n) is 2.35. The van der Waals surface area contributed by atoms with Crippen molar-refractivity contribution in [1.82, 2.24) is 5.43 Å². The van der Waals surface area contributed by atoms with Gasteiger partial charge in [-0.05, 0) is 12.8 Å². The number of aliphatic hydroxyl groups excluding tert-OH is 1. The van der Waals surface area contributed by atoms with Crippen LogP contribution >= 0.6 is 0 Å². The van der Waals surface area contributed by atoms with Crippen LogP contribution in [0.1, 0.15) is 32.1 Å². The van der Waals surface area contributed by atoms with Crippen molar-refractivity contribution in [2.75, 3.05) is 6.61 Å². The third-order valence-corrected chi connectivity index (χ3v) is 2.35. The lowest BCUT2D eigenvalue weighted by Gasteiger charge is -2.32. The lowest BCUT2D eigenvalue weighted by Crippen LogP contribution is -2.48. The van der Waals surface area contributed by atoms with Crippen LogP contribution in [0.3, 0.4) is 0 Å². The van der Waals surface area contributed by atoms with Crippen LogP contribution in [0.2, 0.25) is 0 Å².